The Hall–Kier alpha value is -1.93. The number of aromatic nitrogens is 2. The molecule has 0 radical (unpaired) electrons. The molecule has 1 heterocycles. The lowest BCUT2D eigenvalue weighted by Crippen LogP contribution is -2.23. The Kier molecular flexibility index (Phi) is 4.18. The van der Waals surface area contributed by atoms with Crippen molar-refractivity contribution in [2.24, 2.45) is 0 Å². The zero-order chi connectivity index (χ0) is 13.0. The molecule has 2 unspecified atom stereocenters. The Morgan fingerprint density at radius 2 is 2.18 bits per heavy atom. The fourth-order valence-electron chi connectivity index (χ4n) is 1.28. The Morgan fingerprint density at radius 3 is 2.71 bits per heavy atom. The SMILES string of the molecule is COC(=O)c1[nH]ncc1C(O)C(O)CC(=O)O. The predicted molar refractivity (Wildman–Crippen MR) is 53.1 cm³/mol. The maximum atomic E-state index is 11.2. The number of aliphatic hydroxyl groups excluding tert-OH is 2. The van der Waals surface area contributed by atoms with E-state index in [9.17, 15) is 19.8 Å². The number of hydrogen-bond acceptors (Lipinski definition) is 6. The number of aromatic amines is 1. The Labute approximate surface area is 95.8 Å². The molecule has 8 heteroatoms. The number of esters is 1. The van der Waals surface area contributed by atoms with Crippen LogP contribution in [0.15, 0.2) is 6.20 Å². The second-order valence-electron chi connectivity index (χ2n) is 3.30. The summed E-state index contributed by atoms with van der Waals surface area (Å²) in [6, 6.07) is 0. The minimum atomic E-state index is -1.53. The highest BCUT2D eigenvalue weighted by Crippen LogP contribution is 2.21. The smallest absolute Gasteiger partial charge is 0.356 e. The number of methoxy groups -OCH3 is 1. The zero-order valence-corrected chi connectivity index (χ0v) is 8.95. The van der Waals surface area contributed by atoms with Crippen LogP contribution in [0.25, 0.3) is 0 Å². The van der Waals surface area contributed by atoms with E-state index in [1.807, 2.05) is 0 Å². The molecule has 0 aliphatic heterocycles. The summed E-state index contributed by atoms with van der Waals surface area (Å²) in [5, 5.41) is 33.4. The van der Waals surface area contributed by atoms with Crippen molar-refractivity contribution in [3.63, 3.8) is 0 Å². The minimum absolute atomic E-state index is 0.00870. The van der Waals surface area contributed by atoms with Gasteiger partial charge in [-0.15, -0.1) is 0 Å². The first-order valence-electron chi connectivity index (χ1n) is 4.66. The van der Waals surface area contributed by atoms with E-state index in [0.717, 1.165) is 13.3 Å². The van der Waals surface area contributed by atoms with Crippen molar-refractivity contribution >= 4 is 11.9 Å². The molecule has 0 saturated carbocycles. The van der Waals surface area contributed by atoms with Gasteiger partial charge in [0, 0.05) is 5.56 Å². The molecular formula is C9H12N2O6. The molecule has 8 nitrogen and oxygen atoms in total. The summed E-state index contributed by atoms with van der Waals surface area (Å²) in [7, 11) is 1.15. The maximum absolute atomic E-state index is 11.2. The molecular weight excluding hydrogens is 232 g/mol. The number of rotatable bonds is 5. The van der Waals surface area contributed by atoms with E-state index in [-0.39, 0.29) is 11.3 Å². The predicted octanol–water partition coefficient (Wildman–Crippen LogP) is -0.935. The molecule has 0 bridgehead atoms. The van der Waals surface area contributed by atoms with Crippen LogP contribution in [0.2, 0.25) is 0 Å². The van der Waals surface area contributed by atoms with Gasteiger partial charge in [0.2, 0.25) is 0 Å². The Morgan fingerprint density at radius 1 is 1.53 bits per heavy atom. The van der Waals surface area contributed by atoms with E-state index >= 15 is 0 Å². The summed E-state index contributed by atoms with van der Waals surface area (Å²) in [5.74, 6) is -2.03. The van der Waals surface area contributed by atoms with Gasteiger partial charge < -0.3 is 20.1 Å². The van der Waals surface area contributed by atoms with E-state index in [2.05, 4.69) is 14.9 Å². The molecule has 4 N–H and O–H groups in total. The molecule has 0 aliphatic rings. The summed E-state index contributed by atoms with van der Waals surface area (Å²) in [5.41, 5.74) is -0.130. The van der Waals surface area contributed by atoms with Crippen LogP contribution in [-0.2, 0) is 9.53 Å². The summed E-state index contributed by atoms with van der Waals surface area (Å²) in [6.45, 7) is 0. The van der Waals surface area contributed by atoms with Crippen LogP contribution in [0, 0.1) is 0 Å². The molecule has 0 amide bonds. The van der Waals surface area contributed by atoms with Crippen molar-refractivity contribution < 1.29 is 29.6 Å². The van der Waals surface area contributed by atoms with Crippen molar-refractivity contribution in [1.82, 2.24) is 10.2 Å². The number of aliphatic carboxylic acids is 1. The molecule has 17 heavy (non-hydrogen) atoms. The molecule has 0 spiro atoms. The normalized spacial score (nSPS) is 14.1. The number of carboxylic acids is 1. The number of ether oxygens (including phenoxy) is 1. The summed E-state index contributed by atoms with van der Waals surface area (Å²) in [6.07, 6.45) is -2.58. The second-order valence-corrected chi connectivity index (χ2v) is 3.30. The van der Waals surface area contributed by atoms with E-state index < -0.39 is 30.6 Å². The van der Waals surface area contributed by atoms with Crippen LogP contribution in [0.5, 0.6) is 0 Å². The average molecular weight is 244 g/mol. The monoisotopic (exact) mass is 244 g/mol. The Balaban J connectivity index is 2.88. The van der Waals surface area contributed by atoms with Crippen molar-refractivity contribution in [2.75, 3.05) is 7.11 Å². The van der Waals surface area contributed by atoms with E-state index in [1.54, 1.807) is 0 Å². The molecule has 1 aromatic heterocycles. The number of nitrogens with one attached hydrogen (secondary N) is 1. The van der Waals surface area contributed by atoms with Crippen molar-refractivity contribution in [1.29, 1.82) is 0 Å². The van der Waals surface area contributed by atoms with Crippen LogP contribution in [0.3, 0.4) is 0 Å². The van der Waals surface area contributed by atoms with Crippen LogP contribution >= 0.6 is 0 Å². The van der Waals surface area contributed by atoms with E-state index in [1.165, 1.54) is 0 Å². The third-order valence-electron chi connectivity index (χ3n) is 2.13. The second kappa shape index (κ2) is 5.41. The topological polar surface area (TPSA) is 133 Å². The van der Waals surface area contributed by atoms with Crippen molar-refractivity contribution in [3.8, 4) is 0 Å². The maximum Gasteiger partial charge on any atom is 0.356 e. The zero-order valence-electron chi connectivity index (χ0n) is 8.95. The van der Waals surface area contributed by atoms with E-state index in [0.29, 0.717) is 0 Å². The van der Waals surface area contributed by atoms with Gasteiger partial charge in [0.15, 0.2) is 0 Å². The largest absolute Gasteiger partial charge is 0.481 e. The average Bonchev–Trinajstić information content (AvgIpc) is 2.74. The first kappa shape index (κ1) is 13.1. The third kappa shape index (κ3) is 3.02. The first-order valence-corrected chi connectivity index (χ1v) is 4.66. The lowest BCUT2D eigenvalue weighted by molar-refractivity contribution is -0.141. The summed E-state index contributed by atoms with van der Waals surface area (Å²) < 4.78 is 4.43. The highest BCUT2D eigenvalue weighted by atomic mass is 16.5. The van der Waals surface area contributed by atoms with Gasteiger partial charge >= 0.3 is 11.9 Å². The van der Waals surface area contributed by atoms with Gasteiger partial charge in [-0.25, -0.2) is 4.79 Å². The minimum Gasteiger partial charge on any atom is -0.481 e. The number of carbonyl (C=O) groups excluding carboxylic acids is 1. The molecule has 0 saturated heterocycles. The third-order valence-corrected chi connectivity index (χ3v) is 2.13. The Bertz CT molecular complexity index is 415. The highest BCUT2D eigenvalue weighted by Gasteiger charge is 2.27. The number of nitrogens with zero attached hydrogens (tertiary/aromatic N) is 1. The van der Waals surface area contributed by atoms with Gasteiger partial charge in [0.25, 0.3) is 0 Å². The van der Waals surface area contributed by atoms with Gasteiger partial charge in [0.05, 0.1) is 25.8 Å². The summed E-state index contributed by atoms with van der Waals surface area (Å²) in [4.78, 5) is 21.6. The van der Waals surface area contributed by atoms with Crippen LogP contribution < -0.4 is 0 Å². The fraction of sp³-hybridized carbons (Fsp3) is 0.444. The molecule has 94 valence electrons. The fourth-order valence-corrected chi connectivity index (χ4v) is 1.28. The first-order chi connectivity index (χ1) is 7.97. The lowest BCUT2D eigenvalue weighted by Gasteiger charge is -2.15. The molecule has 2 atom stereocenters. The van der Waals surface area contributed by atoms with Crippen LogP contribution in [-0.4, -0.2) is 50.7 Å². The number of carboxylic acid groups (broad SMARTS) is 1. The number of H-pyrrole nitrogens is 1. The van der Waals surface area contributed by atoms with Gasteiger partial charge in [-0.1, -0.05) is 0 Å². The molecule has 1 rings (SSSR count). The van der Waals surface area contributed by atoms with Crippen molar-refractivity contribution in [2.45, 2.75) is 18.6 Å². The van der Waals surface area contributed by atoms with E-state index in [4.69, 9.17) is 5.11 Å². The lowest BCUT2D eigenvalue weighted by atomic mass is 10.0. The molecule has 0 aromatic carbocycles. The van der Waals surface area contributed by atoms with Gasteiger partial charge in [0.1, 0.15) is 11.8 Å². The number of hydrogen-bond donors (Lipinski definition) is 4. The van der Waals surface area contributed by atoms with Gasteiger partial charge in [-0.3, -0.25) is 9.89 Å². The highest BCUT2D eigenvalue weighted by molar-refractivity contribution is 5.88. The quantitative estimate of drug-likeness (QED) is 0.491. The molecule has 1 aromatic rings. The van der Waals surface area contributed by atoms with Crippen LogP contribution in [0.4, 0.5) is 0 Å². The molecule has 0 fully saturated rings. The van der Waals surface area contributed by atoms with Gasteiger partial charge in [-0.05, 0) is 0 Å². The van der Waals surface area contributed by atoms with Crippen molar-refractivity contribution in [3.05, 3.63) is 17.5 Å². The number of aliphatic hydroxyl groups is 2. The van der Waals surface area contributed by atoms with Gasteiger partial charge in [-0.2, -0.15) is 5.10 Å². The standard InChI is InChI=1S/C9H12N2O6/c1-17-9(16)7-4(3-10-11-7)8(15)5(12)2-6(13)14/h3,5,8,12,15H,2H2,1H3,(H,10,11)(H,13,14). The van der Waals surface area contributed by atoms with Crippen LogP contribution in [0.1, 0.15) is 28.6 Å². The number of carbonyl (C=O) groups is 2. The summed E-state index contributed by atoms with van der Waals surface area (Å²) >= 11 is 0. The molecule has 0 aliphatic carbocycles.